The molecule has 1 aromatic heterocycles. The number of rotatable bonds is 3. The van der Waals surface area contributed by atoms with Crippen LogP contribution in [0.4, 0.5) is 5.82 Å². The number of anilines is 1. The molecule has 2 heterocycles. The predicted molar refractivity (Wildman–Crippen MR) is 65.3 cm³/mol. The third-order valence-electron chi connectivity index (χ3n) is 3.11. The van der Waals surface area contributed by atoms with Crippen molar-refractivity contribution in [3.8, 4) is 0 Å². The van der Waals surface area contributed by atoms with Gasteiger partial charge in [-0.1, -0.05) is 0 Å². The summed E-state index contributed by atoms with van der Waals surface area (Å²) >= 11 is 0. The van der Waals surface area contributed by atoms with Crippen LogP contribution in [0.2, 0.25) is 0 Å². The number of nitrogens with one attached hydrogen (secondary N) is 1. The summed E-state index contributed by atoms with van der Waals surface area (Å²) in [7, 11) is 3.38. The Balaban J connectivity index is 2.17. The van der Waals surface area contributed by atoms with E-state index in [0.717, 1.165) is 25.3 Å². The highest BCUT2D eigenvalue weighted by molar-refractivity contribution is 5.90. The van der Waals surface area contributed by atoms with Crippen molar-refractivity contribution in [1.82, 2.24) is 10.3 Å². The number of ether oxygens (including phenoxy) is 1. The van der Waals surface area contributed by atoms with Crippen LogP contribution in [0.15, 0.2) is 18.3 Å². The topological polar surface area (TPSA) is 54.5 Å². The fraction of sp³-hybridized carbons (Fsp3) is 0.500. The molecule has 5 heteroatoms. The summed E-state index contributed by atoms with van der Waals surface area (Å²) in [5, 5.41) is 3.31. The molecule has 0 bridgehead atoms. The predicted octanol–water partition coefficient (Wildman–Crippen LogP) is 0.666. The second kappa shape index (κ2) is 5.14. The molecule has 0 radical (unpaired) electrons. The fourth-order valence-corrected chi connectivity index (χ4v) is 2.01. The third kappa shape index (κ3) is 2.55. The zero-order chi connectivity index (χ0) is 12.3. The first kappa shape index (κ1) is 11.9. The van der Waals surface area contributed by atoms with Gasteiger partial charge in [0.25, 0.3) is 0 Å². The average Bonchev–Trinajstić information content (AvgIpc) is 2.91. The Labute approximate surface area is 101 Å². The zero-order valence-corrected chi connectivity index (χ0v) is 10.1. The standard InChI is InChI=1S/C12H17N3O2/c1-15(10-4-5-13-8-10)11-7-9(3-6-14-11)12(16)17-2/h3,6-7,10,13H,4-5,8H2,1-2H3. The van der Waals surface area contributed by atoms with Crippen LogP contribution < -0.4 is 10.2 Å². The van der Waals surface area contributed by atoms with E-state index in [9.17, 15) is 4.79 Å². The number of carbonyl (C=O) groups is 1. The molecule has 1 aliphatic heterocycles. The van der Waals surface area contributed by atoms with Crippen LogP contribution in [0, 0.1) is 0 Å². The molecule has 1 fully saturated rings. The molecule has 1 aliphatic rings. The van der Waals surface area contributed by atoms with Crippen molar-refractivity contribution < 1.29 is 9.53 Å². The normalized spacial score (nSPS) is 19.1. The molecule has 1 saturated heterocycles. The van der Waals surface area contributed by atoms with Crippen molar-refractivity contribution in [1.29, 1.82) is 0 Å². The number of nitrogens with zero attached hydrogens (tertiary/aromatic N) is 2. The molecule has 0 aliphatic carbocycles. The molecule has 0 amide bonds. The van der Waals surface area contributed by atoms with Crippen molar-refractivity contribution in [2.75, 3.05) is 32.1 Å². The van der Waals surface area contributed by atoms with Gasteiger partial charge in [0.05, 0.1) is 12.7 Å². The van der Waals surface area contributed by atoms with Gasteiger partial charge in [-0.3, -0.25) is 0 Å². The highest BCUT2D eigenvalue weighted by Crippen LogP contribution is 2.17. The summed E-state index contributed by atoms with van der Waals surface area (Å²) in [6.45, 7) is 1.99. The molecule has 1 atom stereocenters. The minimum absolute atomic E-state index is 0.327. The molecule has 0 saturated carbocycles. The average molecular weight is 235 g/mol. The molecule has 1 unspecified atom stereocenters. The lowest BCUT2D eigenvalue weighted by Gasteiger charge is -2.24. The summed E-state index contributed by atoms with van der Waals surface area (Å²) < 4.78 is 4.70. The summed E-state index contributed by atoms with van der Waals surface area (Å²) in [6, 6.07) is 3.87. The lowest BCUT2D eigenvalue weighted by molar-refractivity contribution is 0.0600. The van der Waals surface area contributed by atoms with Crippen LogP contribution in [0.5, 0.6) is 0 Å². The van der Waals surface area contributed by atoms with E-state index in [2.05, 4.69) is 15.2 Å². The van der Waals surface area contributed by atoms with E-state index in [1.165, 1.54) is 7.11 Å². The monoisotopic (exact) mass is 235 g/mol. The van der Waals surface area contributed by atoms with Crippen molar-refractivity contribution in [3.05, 3.63) is 23.9 Å². The number of esters is 1. The fourth-order valence-electron chi connectivity index (χ4n) is 2.01. The van der Waals surface area contributed by atoms with E-state index in [0.29, 0.717) is 11.6 Å². The largest absolute Gasteiger partial charge is 0.465 e. The first-order valence-corrected chi connectivity index (χ1v) is 5.70. The summed E-state index contributed by atoms with van der Waals surface area (Å²) in [5.74, 6) is 0.480. The van der Waals surface area contributed by atoms with Gasteiger partial charge in [0.1, 0.15) is 5.82 Å². The van der Waals surface area contributed by atoms with Gasteiger partial charge in [-0.05, 0) is 25.1 Å². The van der Waals surface area contributed by atoms with Crippen molar-refractivity contribution >= 4 is 11.8 Å². The maximum atomic E-state index is 11.4. The molecule has 2 rings (SSSR count). The van der Waals surface area contributed by atoms with E-state index in [1.807, 2.05) is 7.05 Å². The number of hydrogen-bond acceptors (Lipinski definition) is 5. The van der Waals surface area contributed by atoms with Gasteiger partial charge < -0.3 is 15.0 Å². The molecule has 17 heavy (non-hydrogen) atoms. The lowest BCUT2D eigenvalue weighted by atomic mass is 10.2. The Kier molecular flexibility index (Phi) is 3.58. The molecule has 1 aromatic rings. The van der Waals surface area contributed by atoms with Crippen LogP contribution in [-0.4, -0.2) is 44.2 Å². The van der Waals surface area contributed by atoms with E-state index in [4.69, 9.17) is 4.74 Å². The Morgan fingerprint density at radius 1 is 1.65 bits per heavy atom. The maximum absolute atomic E-state index is 11.4. The van der Waals surface area contributed by atoms with Crippen LogP contribution in [0.1, 0.15) is 16.8 Å². The number of aromatic nitrogens is 1. The van der Waals surface area contributed by atoms with Crippen LogP contribution in [-0.2, 0) is 4.74 Å². The first-order chi connectivity index (χ1) is 8.22. The molecule has 0 aromatic carbocycles. The Morgan fingerprint density at radius 3 is 3.12 bits per heavy atom. The van der Waals surface area contributed by atoms with Gasteiger partial charge in [-0.15, -0.1) is 0 Å². The van der Waals surface area contributed by atoms with Crippen LogP contribution in [0.3, 0.4) is 0 Å². The quantitative estimate of drug-likeness (QED) is 0.780. The Morgan fingerprint density at radius 2 is 2.47 bits per heavy atom. The zero-order valence-electron chi connectivity index (χ0n) is 10.1. The summed E-state index contributed by atoms with van der Waals surface area (Å²) in [4.78, 5) is 17.8. The number of methoxy groups -OCH3 is 1. The van der Waals surface area contributed by atoms with Gasteiger partial charge in [-0.2, -0.15) is 0 Å². The van der Waals surface area contributed by atoms with Crippen molar-refractivity contribution in [3.63, 3.8) is 0 Å². The second-order valence-corrected chi connectivity index (χ2v) is 4.15. The van der Waals surface area contributed by atoms with E-state index < -0.39 is 0 Å². The number of pyridine rings is 1. The van der Waals surface area contributed by atoms with Crippen LogP contribution in [0.25, 0.3) is 0 Å². The molecular weight excluding hydrogens is 218 g/mol. The Hall–Kier alpha value is -1.62. The van der Waals surface area contributed by atoms with Gasteiger partial charge in [-0.25, -0.2) is 9.78 Å². The van der Waals surface area contributed by atoms with Gasteiger partial charge in [0, 0.05) is 25.8 Å². The van der Waals surface area contributed by atoms with Gasteiger partial charge in [0.2, 0.25) is 0 Å². The second-order valence-electron chi connectivity index (χ2n) is 4.15. The van der Waals surface area contributed by atoms with Crippen LogP contribution >= 0.6 is 0 Å². The van der Waals surface area contributed by atoms with Crippen molar-refractivity contribution in [2.45, 2.75) is 12.5 Å². The Bertz CT molecular complexity index is 402. The smallest absolute Gasteiger partial charge is 0.338 e. The summed E-state index contributed by atoms with van der Waals surface area (Å²) in [5.41, 5.74) is 0.537. The molecule has 0 spiro atoms. The number of carbonyl (C=O) groups excluding carboxylic acids is 1. The molecule has 92 valence electrons. The minimum atomic E-state index is -0.327. The SMILES string of the molecule is COC(=O)c1ccnc(N(C)C2CCNC2)c1. The van der Waals surface area contributed by atoms with Gasteiger partial charge in [0.15, 0.2) is 0 Å². The van der Waals surface area contributed by atoms with Gasteiger partial charge >= 0.3 is 5.97 Å². The highest BCUT2D eigenvalue weighted by Gasteiger charge is 2.20. The highest BCUT2D eigenvalue weighted by atomic mass is 16.5. The minimum Gasteiger partial charge on any atom is -0.465 e. The molecule has 5 nitrogen and oxygen atoms in total. The van der Waals surface area contributed by atoms with E-state index in [1.54, 1.807) is 18.3 Å². The molecular formula is C12H17N3O2. The van der Waals surface area contributed by atoms with Crippen molar-refractivity contribution in [2.24, 2.45) is 0 Å². The maximum Gasteiger partial charge on any atom is 0.338 e. The first-order valence-electron chi connectivity index (χ1n) is 5.70. The number of hydrogen-bond donors (Lipinski definition) is 1. The summed E-state index contributed by atoms with van der Waals surface area (Å²) in [6.07, 6.45) is 2.74. The number of likely N-dealkylation sites (N-methyl/N-ethyl adjacent to an activating group) is 1. The van der Waals surface area contributed by atoms with E-state index >= 15 is 0 Å². The lowest BCUT2D eigenvalue weighted by Crippen LogP contribution is -2.34. The molecule has 1 N–H and O–H groups in total. The van der Waals surface area contributed by atoms with E-state index in [-0.39, 0.29) is 5.97 Å². The third-order valence-corrected chi connectivity index (χ3v) is 3.11.